The van der Waals surface area contributed by atoms with Gasteiger partial charge in [-0.25, -0.2) is 0 Å². The number of aromatic nitrogens is 1. The Morgan fingerprint density at radius 1 is 1.07 bits per heavy atom. The minimum atomic E-state index is 0.515. The summed E-state index contributed by atoms with van der Waals surface area (Å²) in [7, 11) is 0. The van der Waals surface area contributed by atoms with Gasteiger partial charge in [-0.2, -0.15) is 0 Å². The van der Waals surface area contributed by atoms with Gasteiger partial charge in [0.15, 0.2) is 0 Å². The first-order valence-corrected chi connectivity index (χ1v) is 4.54. The normalized spacial score (nSPS) is 10.4. The van der Waals surface area contributed by atoms with E-state index in [2.05, 4.69) is 0 Å². The summed E-state index contributed by atoms with van der Waals surface area (Å²) in [5, 5.41) is 0. The number of nitrogens with two attached hydrogens (primary N) is 2. The summed E-state index contributed by atoms with van der Waals surface area (Å²) in [4.78, 5) is 0. The van der Waals surface area contributed by atoms with E-state index >= 15 is 0 Å². The van der Waals surface area contributed by atoms with Gasteiger partial charge in [-0.15, -0.1) is 0 Å². The summed E-state index contributed by atoms with van der Waals surface area (Å²) < 4.78 is 2.01. The molecule has 3 nitrogen and oxygen atoms in total. The molecule has 0 unspecified atom stereocenters. The predicted molar refractivity (Wildman–Crippen MR) is 58.1 cm³/mol. The summed E-state index contributed by atoms with van der Waals surface area (Å²) in [6, 6.07) is 11.7. The van der Waals surface area contributed by atoms with Crippen molar-refractivity contribution in [2.45, 2.75) is 6.54 Å². The molecule has 1 heterocycles. The van der Waals surface area contributed by atoms with Gasteiger partial charge in [0.2, 0.25) is 0 Å². The van der Waals surface area contributed by atoms with Crippen molar-refractivity contribution in [2.75, 3.05) is 5.73 Å². The zero-order valence-corrected chi connectivity index (χ0v) is 7.85. The van der Waals surface area contributed by atoms with Crippen LogP contribution in [0.2, 0.25) is 0 Å². The molecule has 2 aromatic rings. The van der Waals surface area contributed by atoms with Gasteiger partial charge in [0.25, 0.3) is 0 Å². The molecule has 72 valence electrons. The van der Waals surface area contributed by atoms with Gasteiger partial charge in [0, 0.05) is 18.4 Å². The maximum Gasteiger partial charge on any atom is 0.0683 e. The number of hydrogen-bond acceptors (Lipinski definition) is 2. The van der Waals surface area contributed by atoms with E-state index in [1.54, 1.807) is 0 Å². The second-order valence-corrected chi connectivity index (χ2v) is 3.13. The Hall–Kier alpha value is -1.74. The molecular weight excluding hydrogens is 174 g/mol. The molecule has 14 heavy (non-hydrogen) atoms. The second-order valence-electron chi connectivity index (χ2n) is 3.13. The van der Waals surface area contributed by atoms with Crippen LogP contribution in [0.5, 0.6) is 0 Å². The van der Waals surface area contributed by atoms with Crippen LogP contribution in [-0.2, 0) is 6.54 Å². The Morgan fingerprint density at radius 2 is 1.86 bits per heavy atom. The average Bonchev–Trinajstić information content (AvgIpc) is 2.66. The third-order valence-corrected chi connectivity index (χ3v) is 2.24. The standard InChI is InChI=1S/C11H13N3/c12-8-9-4-3-7-14(9)11-6-2-1-5-10(11)13/h1-7H,8,12-13H2. The van der Waals surface area contributed by atoms with Crippen LogP contribution in [0, 0.1) is 0 Å². The molecule has 0 bridgehead atoms. The SMILES string of the molecule is NCc1cccn1-c1ccccc1N. The Labute approximate surface area is 83.0 Å². The highest BCUT2D eigenvalue weighted by atomic mass is 15.0. The Bertz CT molecular complexity index is 432. The molecule has 0 atom stereocenters. The molecular formula is C11H13N3. The van der Waals surface area contributed by atoms with Gasteiger partial charge in [0.05, 0.1) is 11.4 Å². The van der Waals surface area contributed by atoms with E-state index in [-0.39, 0.29) is 0 Å². The number of para-hydroxylation sites is 2. The first kappa shape index (κ1) is 8.84. The van der Waals surface area contributed by atoms with Crippen molar-refractivity contribution < 1.29 is 0 Å². The van der Waals surface area contributed by atoms with Crippen LogP contribution in [0.1, 0.15) is 5.69 Å². The largest absolute Gasteiger partial charge is 0.397 e. The maximum absolute atomic E-state index is 5.87. The highest BCUT2D eigenvalue weighted by molar-refractivity contribution is 5.58. The first-order valence-electron chi connectivity index (χ1n) is 4.54. The fourth-order valence-electron chi connectivity index (χ4n) is 1.52. The lowest BCUT2D eigenvalue weighted by molar-refractivity contribution is 0.913. The lowest BCUT2D eigenvalue weighted by atomic mass is 10.2. The first-order chi connectivity index (χ1) is 6.83. The summed E-state index contributed by atoms with van der Waals surface area (Å²) in [6.45, 7) is 0.515. The van der Waals surface area contributed by atoms with E-state index in [1.807, 2.05) is 47.2 Å². The van der Waals surface area contributed by atoms with Crippen LogP contribution in [-0.4, -0.2) is 4.57 Å². The van der Waals surface area contributed by atoms with Crippen LogP contribution < -0.4 is 11.5 Å². The lowest BCUT2D eigenvalue weighted by Gasteiger charge is -2.09. The number of hydrogen-bond donors (Lipinski definition) is 2. The minimum absolute atomic E-state index is 0.515. The molecule has 0 saturated heterocycles. The Balaban J connectivity index is 2.54. The number of nitrogen functional groups attached to an aromatic ring is 1. The molecule has 1 aromatic heterocycles. The summed E-state index contributed by atoms with van der Waals surface area (Å²) in [5.41, 5.74) is 14.3. The van der Waals surface area contributed by atoms with E-state index in [9.17, 15) is 0 Å². The lowest BCUT2D eigenvalue weighted by Crippen LogP contribution is -2.06. The van der Waals surface area contributed by atoms with Gasteiger partial charge < -0.3 is 16.0 Å². The molecule has 0 aliphatic rings. The molecule has 0 fully saturated rings. The molecule has 0 saturated carbocycles. The van der Waals surface area contributed by atoms with Crippen molar-refractivity contribution in [1.29, 1.82) is 0 Å². The topological polar surface area (TPSA) is 57.0 Å². The molecule has 4 N–H and O–H groups in total. The average molecular weight is 187 g/mol. The Kier molecular flexibility index (Phi) is 2.24. The molecule has 0 aliphatic carbocycles. The highest BCUT2D eigenvalue weighted by Gasteiger charge is 2.03. The maximum atomic E-state index is 5.87. The fraction of sp³-hybridized carbons (Fsp3) is 0.0909. The van der Waals surface area contributed by atoms with Crippen molar-refractivity contribution in [1.82, 2.24) is 4.57 Å². The fourth-order valence-corrected chi connectivity index (χ4v) is 1.52. The van der Waals surface area contributed by atoms with Crippen molar-refractivity contribution >= 4 is 5.69 Å². The van der Waals surface area contributed by atoms with E-state index < -0.39 is 0 Å². The second kappa shape index (κ2) is 3.55. The number of rotatable bonds is 2. The summed E-state index contributed by atoms with van der Waals surface area (Å²) in [5.74, 6) is 0. The summed E-state index contributed by atoms with van der Waals surface area (Å²) >= 11 is 0. The smallest absolute Gasteiger partial charge is 0.0683 e. The van der Waals surface area contributed by atoms with Crippen LogP contribution in [0.15, 0.2) is 42.6 Å². The van der Waals surface area contributed by atoms with Crippen molar-refractivity contribution in [3.05, 3.63) is 48.3 Å². The highest BCUT2D eigenvalue weighted by Crippen LogP contribution is 2.18. The van der Waals surface area contributed by atoms with Crippen molar-refractivity contribution in [3.8, 4) is 5.69 Å². The van der Waals surface area contributed by atoms with Gasteiger partial charge >= 0.3 is 0 Å². The summed E-state index contributed by atoms with van der Waals surface area (Å²) in [6.07, 6.45) is 1.97. The van der Waals surface area contributed by atoms with Crippen LogP contribution in [0.25, 0.3) is 5.69 Å². The third kappa shape index (κ3) is 1.38. The predicted octanol–water partition coefficient (Wildman–Crippen LogP) is 1.52. The van der Waals surface area contributed by atoms with Gasteiger partial charge in [0.1, 0.15) is 0 Å². The van der Waals surface area contributed by atoms with E-state index in [4.69, 9.17) is 11.5 Å². The number of anilines is 1. The molecule has 0 aliphatic heterocycles. The molecule has 2 rings (SSSR count). The van der Waals surface area contributed by atoms with Gasteiger partial charge in [-0.3, -0.25) is 0 Å². The van der Waals surface area contributed by atoms with Crippen LogP contribution >= 0.6 is 0 Å². The number of nitrogens with zero attached hydrogens (tertiary/aromatic N) is 1. The quantitative estimate of drug-likeness (QED) is 0.700. The molecule has 0 radical (unpaired) electrons. The van der Waals surface area contributed by atoms with Crippen molar-refractivity contribution in [3.63, 3.8) is 0 Å². The molecule has 1 aromatic carbocycles. The van der Waals surface area contributed by atoms with Gasteiger partial charge in [-0.05, 0) is 24.3 Å². The van der Waals surface area contributed by atoms with E-state index in [0.29, 0.717) is 6.54 Å². The van der Waals surface area contributed by atoms with Crippen LogP contribution in [0.3, 0.4) is 0 Å². The van der Waals surface area contributed by atoms with E-state index in [1.165, 1.54) is 0 Å². The van der Waals surface area contributed by atoms with Crippen LogP contribution in [0.4, 0.5) is 5.69 Å². The monoisotopic (exact) mass is 187 g/mol. The Morgan fingerprint density at radius 3 is 2.57 bits per heavy atom. The minimum Gasteiger partial charge on any atom is -0.397 e. The molecule has 0 amide bonds. The van der Waals surface area contributed by atoms with E-state index in [0.717, 1.165) is 17.1 Å². The van der Waals surface area contributed by atoms with Crippen molar-refractivity contribution in [2.24, 2.45) is 5.73 Å². The molecule has 0 spiro atoms. The molecule has 3 heteroatoms. The van der Waals surface area contributed by atoms with Gasteiger partial charge in [-0.1, -0.05) is 12.1 Å². The number of benzene rings is 1. The zero-order chi connectivity index (χ0) is 9.97. The third-order valence-electron chi connectivity index (χ3n) is 2.24. The zero-order valence-electron chi connectivity index (χ0n) is 7.85.